The lowest BCUT2D eigenvalue weighted by atomic mass is 10.0. The second kappa shape index (κ2) is 16.6. The fraction of sp³-hybridized carbons (Fsp3) is 0.245. The second-order valence-corrected chi connectivity index (χ2v) is 16.0. The smallest absolute Gasteiger partial charge is 0.237 e. The lowest BCUT2D eigenvalue weighted by Crippen LogP contribution is -2.01. The van der Waals surface area contributed by atoms with Crippen LogP contribution in [0.25, 0.3) is 27.8 Å². The zero-order valence-corrected chi connectivity index (χ0v) is 34.7. The fourth-order valence-corrected chi connectivity index (χ4v) is 6.95. The molecule has 0 saturated heterocycles. The second-order valence-electron chi connectivity index (χ2n) is 16.0. The van der Waals surface area contributed by atoms with Gasteiger partial charge in [0.25, 0.3) is 0 Å². The number of nitrogens with zero attached hydrogens (tertiary/aromatic N) is 6. The summed E-state index contributed by atoms with van der Waals surface area (Å²) in [6.45, 7) is 17.2. The number of aromatic nitrogens is 6. The Morgan fingerprint density at radius 2 is 0.797 bits per heavy atom. The first kappa shape index (κ1) is 39.0. The van der Waals surface area contributed by atoms with Crippen LogP contribution in [0.4, 0.5) is 0 Å². The van der Waals surface area contributed by atoms with E-state index >= 15 is 0 Å². The molecule has 0 spiro atoms. The van der Waals surface area contributed by atoms with E-state index in [1.807, 2.05) is 77.4 Å². The van der Waals surface area contributed by atoms with Gasteiger partial charge in [-0.2, -0.15) is 0 Å². The molecule has 4 heterocycles. The molecule has 0 N–H and O–H groups in total. The maximum Gasteiger partial charge on any atom is 0.237 e. The summed E-state index contributed by atoms with van der Waals surface area (Å²) in [6, 6.07) is 32.1. The molecule has 4 aromatic heterocycles. The summed E-state index contributed by atoms with van der Waals surface area (Å²) < 4.78 is 27.8. The molecular formula is C49H48N6O4. The molecule has 0 unspecified atom stereocenters. The highest BCUT2D eigenvalue weighted by atomic mass is 16.5. The van der Waals surface area contributed by atoms with Gasteiger partial charge in [0, 0.05) is 59.6 Å². The van der Waals surface area contributed by atoms with E-state index in [0.717, 1.165) is 44.1 Å². The van der Waals surface area contributed by atoms with Crippen molar-refractivity contribution in [2.75, 3.05) is 0 Å². The normalized spacial score (nSPS) is 11.7. The van der Waals surface area contributed by atoms with E-state index in [1.54, 1.807) is 12.4 Å². The number of benzene rings is 4. The molecule has 10 nitrogen and oxygen atoms in total. The van der Waals surface area contributed by atoms with Gasteiger partial charge in [0.1, 0.15) is 47.2 Å². The monoisotopic (exact) mass is 784 g/mol. The number of pyridine rings is 2. The van der Waals surface area contributed by atoms with Crippen molar-refractivity contribution >= 4 is 21.8 Å². The molecule has 298 valence electrons. The third-order valence-corrected chi connectivity index (χ3v) is 10.3. The molecule has 10 heteroatoms. The largest absolute Gasteiger partial charge is 0.457 e. The highest BCUT2D eigenvalue weighted by molar-refractivity contribution is 6.09. The van der Waals surface area contributed by atoms with Gasteiger partial charge in [-0.15, -0.1) is 0 Å². The first-order valence-corrected chi connectivity index (χ1v) is 20.1. The standard InChI is InChI=1S/C49H48N6O4/c1-29(2)33-13-15-51-47(21-33)58-41-19-35(31(5)6)17-39(23-41)56-37-9-11-43-44-12-10-38(26-46(44)55(45(43)25-37)49-53-27-50-28-54-49)57-40-18-36(32(7)8)20-42(24-40)59-48-22-34(30(3)4)14-16-52-48/h9-32H,1-8H3. The van der Waals surface area contributed by atoms with E-state index in [-0.39, 0.29) is 11.8 Å². The number of fused-ring (bicyclic) bond motifs is 3. The van der Waals surface area contributed by atoms with E-state index in [1.165, 1.54) is 12.7 Å². The van der Waals surface area contributed by atoms with Gasteiger partial charge in [-0.1, -0.05) is 55.4 Å². The van der Waals surface area contributed by atoms with E-state index in [4.69, 9.17) is 18.9 Å². The maximum atomic E-state index is 6.60. The Balaban J connectivity index is 1.15. The van der Waals surface area contributed by atoms with Crippen molar-refractivity contribution in [3.8, 4) is 52.2 Å². The molecule has 0 aliphatic carbocycles. The lowest BCUT2D eigenvalue weighted by molar-refractivity contribution is 0.446. The molecule has 0 radical (unpaired) electrons. The summed E-state index contributed by atoms with van der Waals surface area (Å²) >= 11 is 0. The molecule has 0 bridgehead atoms. The molecule has 0 fully saturated rings. The summed E-state index contributed by atoms with van der Waals surface area (Å²) in [5.41, 5.74) is 6.21. The summed E-state index contributed by atoms with van der Waals surface area (Å²) in [6.07, 6.45) is 6.56. The third kappa shape index (κ3) is 8.72. The quantitative estimate of drug-likeness (QED) is 0.113. The Morgan fingerprint density at radius 3 is 1.20 bits per heavy atom. The van der Waals surface area contributed by atoms with Crippen LogP contribution < -0.4 is 18.9 Å². The molecule has 59 heavy (non-hydrogen) atoms. The molecule has 0 atom stereocenters. The van der Waals surface area contributed by atoms with Crippen LogP contribution in [-0.2, 0) is 0 Å². The molecule has 4 aromatic carbocycles. The van der Waals surface area contributed by atoms with Gasteiger partial charge in [0.2, 0.25) is 17.7 Å². The van der Waals surface area contributed by atoms with Crippen LogP contribution >= 0.6 is 0 Å². The fourth-order valence-electron chi connectivity index (χ4n) is 6.95. The summed E-state index contributed by atoms with van der Waals surface area (Å²) in [5.74, 6) is 6.65. The number of hydrogen-bond acceptors (Lipinski definition) is 9. The highest BCUT2D eigenvalue weighted by Gasteiger charge is 2.18. The number of rotatable bonds is 13. The van der Waals surface area contributed by atoms with E-state index in [2.05, 4.69) is 105 Å². The van der Waals surface area contributed by atoms with E-state index in [0.29, 0.717) is 64.0 Å². The van der Waals surface area contributed by atoms with Gasteiger partial charge in [0.05, 0.1) is 11.0 Å². The first-order valence-electron chi connectivity index (χ1n) is 20.1. The maximum absolute atomic E-state index is 6.60. The predicted molar refractivity (Wildman–Crippen MR) is 232 cm³/mol. The van der Waals surface area contributed by atoms with Crippen molar-refractivity contribution in [3.05, 3.63) is 144 Å². The molecule has 8 aromatic rings. The number of hydrogen-bond donors (Lipinski definition) is 0. The zero-order valence-electron chi connectivity index (χ0n) is 34.7. The van der Waals surface area contributed by atoms with Crippen molar-refractivity contribution < 1.29 is 18.9 Å². The SMILES string of the molecule is CC(C)c1cc(Oc2ccc3c4ccc(Oc5cc(Oc6cc(C(C)C)ccn6)cc(C(C)C)c5)cc4n(-c4ncncn4)c3c2)cc(Oc2cc(C(C)C)ccn2)c1. The van der Waals surface area contributed by atoms with Crippen molar-refractivity contribution in [2.45, 2.75) is 79.1 Å². The van der Waals surface area contributed by atoms with Crippen molar-refractivity contribution in [2.24, 2.45) is 0 Å². The Morgan fingerprint density at radius 1 is 0.390 bits per heavy atom. The van der Waals surface area contributed by atoms with Crippen LogP contribution in [0.5, 0.6) is 46.3 Å². The molecular weight excluding hydrogens is 737 g/mol. The average molecular weight is 785 g/mol. The number of ether oxygens (including phenoxy) is 4. The van der Waals surface area contributed by atoms with Crippen LogP contribution in [0.1, 0.15) is 101 Å². The Labute approximate surface area is 344 Å². The van der Waals surface area contributed by atoms with Crippen molar-refractivity contribution in [3.63, 3.8) is 0 Å². The Kier molecular flexibility index (Phi) is 11.0. The average Bonchev–Trinajstić information content (AvgIpc) is 3.53. The lowest BCUT2D eigenvalue weighted by Gasteiger charge is -2.14. The minimum absolute atomic E-state index is 0.242. The van der Waals surface area contributed by atoms with Crippen LogP contribution in [0.3, 0.4) is 0 Å². The van der Waals surface area contributed by atoms with Crippen LogP contribution in [0.2, 0.25) is 0 Å². The van der Waals surface area contributed by atoms with Gasteiger partial charge in [-0.25, -0.2) is 24.9 Å². The Bertz CT molecular complexity index is 2590. The molecule has 0 amide bonds. The van der Waals surface area contributed by atoms with E-state index in [9.17, 15) is 0 Å². The van der Waals surface area contributed by atoms with Gasteiger partial charge < -0.3 is 18.9 Å². The zero-order chi connectivity index (χ0) is 41.2. The molecule has 0 saturated carbocycles. The topological polar surface area (TPSA) is 106 Å². The summed E-state index contributed by atoms with van der Waals surface area (Å²) in [7, 11) is 0. The van der Waals surface area contributed by atoms with Gasteiger partial charge in [0.15, 0.2) is 0 Å². The van der Waals surface area contributed by atoms with Gasteiger partial charge in [-0.05, 0) is 107 Å². The minimum Gasteiger partial charge on any atom is -0.457 e. The van der Waals surface area contributed by atoms with Crippen LogP contribution in [-0.4, -0.2) is 29.5 Å². The van der Waals surface area contributed by atoms with Gasteiger partial charge in [-0.3, -0.25) is 4.57 Å². The molecule has 0 aliphatic rings. The summed E-state index contributed by atoms with van der Waals surface area (Å²) in [5, 5.41) is 2.01. The molecule has 0 aliphatic heterocycles. The van der Waals surface area contributed by atoms with Crippen molar-refractivity contribution in [1.29, 1.82) is 0 Å². The van der Waals surface area contributed by atoms with E-state index < -0.39 is 0 Å². The minimum atomic E-state index is 0.242. The third-order valence-electron chi connectivity index (χ3n) is 10.3. The van der Waals surface area contributed by atoms with Gasteiger partial charge >= 0.3 is 0 Å². The first-order chi connectivity index (χ1) is 28.5. The van der Waals surface area contributed by atoms with Crippen LogP contribution in [0.15, 0.2) is 122 Å². The van der Waals surface area contributed by atoms with Crippen molar-refractivity contribution in [1.82, 2.24) is 29.5 Å². The van der Waals surface area contributed by atoms with Crippen LogP contribution in [0, 0.1) is 0 Å². The molecule has 8 rings (SSSR count). The highest BCUT2D eigenvalue weighted by Crippen LogP contribution is 2.40. The predicted octanol–water partition coefficient (Wildman–Crippen LogP) is 13.4. The summed E-state index contributed by atoms with van der Waals surface area (Å²) in [4.78, 5) is 22.1. The Hall–Kier alpha value is -6.81.